The van der Waals surface area contributed by atoms with Crippen LogP contribution in [0, 0.1) is 0 Å². The van der Waals surface area contributed by atoms with Gasteiger partial charge in [-0.15, -0.1) is 0 Å². The van der Waals surface area contributed by atoms with E-state index in [4.69, 9.17) is 16.3 Å². The first-order chi connectivity index (χ1) is 9.69. The summed E-state index contributed by atoms with van der Waals surface area (Å²) in [6.45, 7) is 2.87. The number of hydrogen-bond donors (Lipinski definition) is 2. The van der Waals surface area contributed by atoms with E-state index in [2.05, 4.69) is 20.3 Å². The molecule has 2 N–H and O–H groups in total. The molecule has 1 aromatic heterocycles. The summed E-state index contributed by atoms with van der Waals surface area (Å²) in [6, 6.07) is 7.21. The number of aromatic hydroxyl groups is 1. The first-order valence-corrected chi connectivity index (χ1v) is 6.62. The number of phenols is 1. The molecule has 2 rings (SSSR count). The molecule has 6 nitrogen and oxygen atoms in total. The zero-order valence-corrected chi connectivity index (χ0v) is 11.8. The highest BCUT2D eigenvalue weighted by atomic mass is 35.5. The molecule has 0 aliphatic carbocycles. The maximum absolute atomic E-state index is 9.67. The largest absolute Gasteiger partial charge is 0.508 e. The number of nitrogens with one attached hydrogen (secondary N) is 1. The highest BCUT2D eigenvalue weighted by molar-refractivity contribution is 6.28. The van der Waals surface area contributed by atoms with Gasteiger partial charge in [0.25, 0.3) is 0 Å². The molecule has 0 bridgehead atoms. The number of para-hydroxylation sites is 1. The normalized spacial score (nSPS) is 10.3. The molecule has 0 saturated carbocycles. The minimum Gasteiger partial charge on any atom is -0.508 e. The summed E-state index contributed by atoms with van der Waals surface area (Å²) in [6.07, 6.45) is 0.851. The van der Waals surface area contributed by atoms with Crippen LogP contribution >= 0.6 is 11.6 Å². The Balaban J connectivity index is 2.05. The average Bonchev–Trinajstić information content (AvgIpc) is 2.44. The number of ether oxygens (including phenoxy) is 1. The zero-order valence-electron chi connectivity index (χ0n) is 11.0. The number of nitrogens with zero attached hydrogens (tertiary/aromatic N) is 3. The lowest BCUT2D eigenvalue weighted by molar-refractivity contribution is 0.291. The Morgan fingerprint density at radius 2 is 2.05 bits per heavy atom. The monoisotopic (exact) mass is 294 g/mol. The van der Waals surface area contributed by atoms with Gasteiger partial charge in [0.05, 0.1) is 6.61 Å². The molecule has 0 radical (unpaired) electrons. The van der Waals surface area contributed by atoms with Crippen molar-refractivity contribution in [2.24, 2.45) is 0 Å². The Morgan fingerprint density at radius 1 is 1.25 bits per heavy atom. The maximum Gasteiger partial charge on any atom is 0.322 e. The summed E-state index contributed by atoms with van der Waals surface area (Å²) < 4.78 is 5.32. The van der Waals surface area contributed by atoms with E-state index in [1.165, 1.54) is 0 Å². The second kappa shape index (κ2) is 6.91. The SMILES string of the molecule is CCCOc1nc(Cl)nc(NCc2ccccc2O)n1. The second-order valence-electron chi connectivity index (χ2n) is 4.04. The van der Waals surface area contributed by atoms with Crippen molar-refractivity contribution in [1.82, 2.24) is 15.0 Å². The third-order valence-electron chi connectivity index (χ3n) is 2.45. The van der Waals surface area contributed by atoms with Crippen molar-refractivity contribution in [3.8, 4) is 11.8 Å². The molecule has 0 amide bonds. The smallest absolute Gasteiger partial charge is 0.322 e. The van der Waals surface area contributed by atoms with Gasteiger partial charge in [-0.1, -0.05) is 25.1 Å². The summed E-state index contributed by atoms with van der Waals surface area (Å²) >= 11 is 5.81. The lowest BCUT2D eigenvalue weighted by Crippen LogP contribution is -2.07. The molecule has 106 valence electrons. The van der Waals surface area contributed by atoms with E-state index < -0.39 is 0 Å². The van der Waals surface area contributed by atoms with Crippen molar-refractivity contribution in [3.05, 3.63) is 35.1 Å². The van der Waals surface area contributed by atoms with Crippen LogP contribution in [0.3, 0.4) is 0 Å². The van der Waals surface area contributed by atoms with Crippen LogP contribution in [0.1, 0.15) is 18.9 Å². The minimum absolute atomic E-state index is 0.0610. The molecule has 0 atom stereocenters. The lowest BCUT2D eigenvalue weighted by atomic mass is 10.2. The quantitative estimate of drug-likeness (QED) is 0.852. The van der Waals surface area contributed by atoms with Crippen molar-refractivity contribution in [2.45, 2.75) is 19.9 Å². The number of hydrogen-bond acceptors (Lipinski definition) is 6. The van der Waals surface area contributed by atoms with Crippen LogP contribution in [0.4, 0.5) is 5.95 Å². The fourth-order valence-corrected chi connectivity index (χ4v) is 1.66. The highest BCUT2D eigenvalue weighted by Gasteiger charge is 2.07. The van der Waals surface area contributed by atoms with Crippen LogP contribution in [0.2, 0.25) is 5.28 Å². The zero-order chi connectivity index (χ0) is 14.4. The summed E-state index contributed by atoms with van der Waals surface area (Å²) in [7, 11) is 0. The van der Waals surface area contributed by atoms with Crippen molar-refractivity contribution < 1.29 is 9.84 Å². The van der Waals surface area contributed by atoms with Crippen LogP contribution in [0.15, 0.2) is 24.3 Å². The lowest BCUT2D eigenvalue weighted by Gasteiger charge is -2.08. The van der Waals surface area contributed by atoms with Crippen molar-refractivity contribution >= 4 is 17.5 Å². The predicted molar refractivity (Wildman–Crippen MR) is 76.1 cm³/mol. The van der Waals surface area contributed by atoms with Crippen LogP contribution in [-0.4, -0.2) is 26.7 Å². The fraction of sp³-hybridized carbons (Fsp3) is 0.308. The van der Waals surface area contributed by atoms with E-state index in [1.807, 2.05) is 13.0 Å². The number of anilines is 1. The summed E-state index contributed by atoms with van der Waals surface area (Å²) in [4.78, 5) is 11.9. The van der Waals surface area contributed by atoms with E-state index in [-0.39, 0.29) is 17.0 Å². The summed E-state index contributed by atoms with van der Waals surface area (Å²) in [5, 5.41) is 12.7. The Bertz CT molecular complexity index is 580. The minimum atomic E-state index is 0.0610. The van der Waals surface area contributed by atoms with E-state index in [1.54, 1.807) is 18.2 Å². The number of halogens is 1. The predicted octanol–water partition coefficient (Wildman–Crippen LogP) is 2.63. The van der Waals surface area contributed by atoms with Gasteiger partial charge in [-0.25, -0.2) is 0 Å². The summed E-state index contributed by atoms with van der Waals surface area (Å²) in [5.74, 6) is 0.516. The van der Waals surface area contributed by atoms with Crippen LogP contribution < -0.4 is 10.1 Å². The van der Waals surface area contributed by atoms with Gasteiger partial charge in [0.1, 0.15) is 5.75 Å². The molecule has 7 heteroatoms. The van der Waals surface area contributed by atoms with Gasteiger partial charge in [-0.2, -0.15) is 15.0 Å². The van der Waals surface area contributed by atoms with E-state index in [0.717, 1.165) is 12.0 Å². The highest BCUT2D eigenvalue weighted by Crippen LogP contribution is 2.17. The Labute approximate surface area is 121 Å². The van der Waals surface area contributed by atoms with E-state index >= 15 is 0 Å². The number of aromatic nitrogens is 3. The molecule has 2 aromatic rings. The molecule has 1 heterocycles. The average molecular weight is 295 g/mol. The van der Waals surface area contributed by atoms with Gasteiger partial charge in [0, 0.05) is 12.1 Å². The Hall–Kier alpha value is -2.08. The second-order valence-corrected chi connectivity index (χ2v) is 4.38. The van der Waals surface area contributed by atoms with Gasteiger partial charge >= 0.3 is 6.01 Å². The van der Waals surface area contributed by atoms with Gasteiger partial charge in [0.15, 0.2) is 0 Å². The van der Waals surface area contributed by atoms with Crippen LogP contribution in [-0.2, 0) is 6.54 Å². The first-order valence-electron chi connectivity index (χ1n) is 6.24. The van der Waals surface area contributed by atoms with Gasteiger partial charge in [-0.05, 0) is 24.1 Å². The molecule has 0 aliphatic rings. The molecule has 1 aromatic carbocycles. The standard InChI is InChI=1S/C13H15ClN4O2/c1-2-7-20-13-17-11(14)16-12(18-13)15-8-9-5-3-4-6-10(9)19/h3-6,19H,2,7-8H2,1H3,(H,15,16,17,18). The van der Waals surface area contributed by atoms with Gasteiger partial charge < -0.3 is 15.2 Å². The molecular weight excluding hydrogens is 280 g/mol. The molecule has 0 unspecified atom stereocenters. The molecule has 0 aliphatic heterocycles. The van der Waals surface area contributed by atoms with Crippen LogP contribution in [0.5, 0.6) is 11.8 Å². The van der Waals surface area contributed by atoms with Crippen LogP contribution in [0.25, 0.3) is 0 Å². The number of rotatable bonds is 6. The third-order valence-corrected chi connectivity index (χ3v) is 2.62. The van der Waals surface area contributed by atoms with Gasteiger partial charge in [0.2, 0.25) is 11.2 Å². The number of benzene rings is 1. The van der Waals surface area contributed by atoms with Crippen molar-refractivity contribution in [3.63, 3.8) is 0 Å². The Morgan fingerprint density at radius 3 is 2.80 bits per heavy atom. The topological polar surface area (TPSA) is 80.2 Å². The molecule has 0 fully saturated rings. The van der Waals surface area contributed by atoms with Crippen molar-refractivity contribution in [2.75, 3.05) is 11.9 Å². The third kappa shape index (κ3) is 3.96. The fourth-order valence-electron chi connectivity index (χ4n) is 1.50. The number of phenolic OH excluding ortho intramolecular Hbond substituents is 1. The first kappa shape index (κ1) is 14.3. The molecule has 0 saturated heterocycles. The molecule has 20 heavy (non-hydrogen) atoms. The van der Waals surface area contributed by atoms with Gasteiger partial charge in [-0.3, -0.25) is 0 Å². The molecular formula is C13H15ClN4O2. The molecule has 0 spiro atoms. The van der Waals surface area contributed by atoms with E-state index in [0.29, 0.717) is 19.1 Å². The van der Waals surface area contributed by atoms with Crippen molar-refractivity contribution in [1.29, 1.82) is 0 Å². The Kier molecular flexibility index (Phi) is 4.95. The summed E-state index contributed by atoms with van der Waals surface area (Å²) in [5.41, 5.74) is 0.736. The van der Waals surface area contributed by atoms with E-state index in [9.17, 15) is 5.11 Å². The maximum atomic E-state index is 9.67.